The molecule has 0 aliphatic heterocycles. The third kappa shape index (κ3) is 5.32. The molecule has 1 atom stereocenters. The van der Waals surface area contributed by atoms with Crippen LogP contribution >= 0.6 is 0 Å². The van der Waals surface area contributed by atoms with Crippen LogP contribution in [-0.2, 0) is 18.9 Å². The summed E-state index contributed by atoms with van der Waals surface area (Å²) in [6.07, 6.45) is 6.32. The lowest BCUT2D eigenvalue weighted by Crippen LogP contribution is -2.30. The lowest BCUT2D eigenvalue weighted by atomic mass is 9.96. The Morgan fingerprint density at radius 1 is 1.19 bits per heavy atom. The minimum absolute atomic E-state index is 0.0362. The van der Waals surface area contributed by atoms with Crippen LogP contribution in [0.25, 0.3) is 11.4 Å². The summed E-state index contributed by atoms with van der Waals surface area (Å²) in [4.78, 5) is 29.9. The number of aromatic nitrogens is 7. The van der Waals surface area contributed by atoms with Gasteiger partial charge in [-0.1, -0.05) is 32.3 Å². The number of fused-ring (bicyclic) bond motifs is 1. The largest absolute Gasteiger partial charge is 0.342 e. The average Bonchev–Trinajstić information content (AvgIpc) is 3.47. The zero-order chi connectivity index (χ0) is 26.2. The maximum atomic E-state index is 15.4. The van der Waals surface area contributed by atoms with Gasteiger partial charge < -0.3 is 15.2 Å². The highest BCUT2D eigenvalue weighted by molar-refractivity contribution is 5.90. The van der Waals surface area contributed by atoms with E-state index in [-0.39, 0.29) is 34.6 Å². The Kier molecular flexibility index (Phi) is 6.40. The summed E-state index contributed by atoms with van der Waals surface area (Å²) in [5, 5.41) is 14.0. The fourth-order valence-corrected chi connectivity index (χ4v) is 4.24. The fraction of sp³-hybridized carbons (Fsp3) is 0.400. The third-order valence-corrected chi connectivity index (χ3v) is 6.14. The van der Waals surface area contributed by atoms with Crippen molar-refractivity contribution >= 4 is 17.7 Å². The van der Waals surface area contributed by atoms with E-state index in [1.807, 2.05) is 20.8 Å². The summed E-state index contributed by atoms with van der Waals surface area (Å²) in [6, 6.07) is 4.62. The predicted molar refractivity (Wildman–Crippen MR) is 132 cm³/mol. The molecule has 0 saturated heterocycles. The first-order valence-electron chi connectivity index (χ1n) is 12.1. The molecule has 3 aromatic heterocycles. The summed E-state index contributed by atoms with van der Waals surface area (Å²) >= 11 is 0. The Morgan fingerprint density at radius 2 is 2.03 bits per heavy atom. The molecule has 0 fully saturated rings. The van der Waals surface area contributed by atoms with Crippen molar-refractivity contribution < 1.29 is 13.7 Å². The predicted octanol–water partition coefficient (Wildman–Crippen LogP) is 4.03. The smallest absolute Gasteiger partial charge is 0.293 e. The molecule has 0 spiro atoms. The molecule has 0 saturated carbocycles. The summed E-state index contributed by atoms with van der Waals surface area (Å²) in [5.41, 5.74) is 1.56. The van der Waals surface area contributed by atoms with Crippen LogP contribution in [-0.4, -0.2) is 40.8 Å². The van der Waals surface area contributed by atoms with Crippen molar-refractivity contribution in [2.24, 2.45) is 7.05 Å². The van der Waals surface area contributed by atoms with Gasteiger partial charge in [-0.2, -0.15) is 15.1 Å². The fourth-order valence-electron chi connectivity index (χ4n) is 4.24. The van der Waals surface area contributed by atoms with Crippen LogP contribution in [0.5, 0.6) is 0 Å². The summed E-state index contributed by atoms with van der Waals surface area (Å²) in [6.45, 7) is 5.77. The number of halogens is 1. The maximum Gasteiger partial charge on any atom is 0.293 e. The highest BCUT2D eigenvalue weighted by atomic mass is 19.1. The van der Waals surface area contributed by atoms with E-state index in [1.165, 1.54) is 12.4 Å². The maximum absolute atomic E-state index is 15.4. The zero-order valence-electron chi connectivity index (χ0n) is 21.1. The van der Waals surface area contributed by atoms with E-state index in [1.54, 1.807) is 30.1 Å². The monoisotopic (exact) mass is 505 g/mol. The Labute approximate surface area is 212 Å². The molecular formula is C25H28FN9O2. The number of carbonyl (C=O) groups excluding carboxylic acids is 1. The van der Waals surface area contributed by atoms with Crippen LogP contribution in [0.4, 0.5) is 16.2 Å². The molecule has 0 radical (unpaired) electrons. The topological polar surface area (TPSA) is 137 Å². The van der Waals surface area contributed by atoms with Gasteiger partial charge in [0.05, 0.1) is 11.6 Å². The molecule has 1 amide bonds. The zero-order valence-corrected chi connectivity index (χ0v) is 21.1. The number of rotatable bonds is 5. The molecule has 3 heterocycles. The van der Waals surface area contributed by atoms with E-state index < -0.39 is 11.7 Å². The molecular weight excluding hydrogens is 477 g/mol. The van der Waals surface area contributed by atoms with Crippen molar-refractivity contribution in [1.29, 1.82) is 0 Å². The minimum Gasteiger partial charge on any atom is -0.342 e. The second-order valence-electron chi connectivity index (χ2n) is 10.1. The van der Waals surface area contributed by atoms with E-state index >= 15 is 4.39 Å². The molecule has 192 valence electrons. The van der Waals surface area contributed by atoms with Gasteiger partial charge in [-0.3, -0.25) is 9.48 Å². The Morgan fingerprint density at radius 3 is 2.76 bits per heavy atom. The highest BCUT2D eigenvalue weighted by Gasteiger charge is 2.28. The van der Waals surface area contributed by atoms with E-state index in [0.29, 0.717) is 18.1 Å². The standard InChI is InChI=1S/C25H28FN9O2/c1-25(2,3)23-31-21(34-37-23)22(36)29-18-8-6-5-7-14-11-16(17(26)12-15(14)18)20-27-13-28-24(32-20)30-19-9-10-35(4)33-19/h9-13,18H,5-8H2,1-4H3,(H,29,36)(H,27,28,30,32,33). The first-order valence-corrected chi connectivity index (χ1v) is 12.1. The first-order chi connectivity index (χ1) is 17.7. The number of nitrogens with zero attached hydrogens (tertiary/aromatic N) is 7. The Bertz CT molecular complexity index is 1440. The molecule has 2 N–H and O–H groups in total. The third-order valence-electron chi connectivity index (χ3n) is 6.14. The van der Waals surface area contributed by atoms with Crippen molar-refractivity contribution in [2.45, 2.75) is 57.9 Å². The van der Waals surface area contributed by atoms with Crippen molar-refractivity contribution in [2.75, 3.05) is 5.32 Å². The van der Waals surface area contributed by atoms with Gasteiger partial charge in [-0.15, -0.1) is 0 Å². The average molecular weight is 506 g/mol. The number of hydrogen-bond acceptors (Lipinski definition) is 9. The summed E-state index contributed by atoms with van der Waals surface area (Å²) < 4.78 is 22.3. The van der Waals surface area contributed by atoms with Gasteiger partial charge in [0.25, 0.3) is 11.7 Å². The number of anilines is 2. The van der Waals surface area contributed by atoms with Gasteiger partial charge >= 0.3 is 0 Å². The minimum atomic E-state index is -0.482. The second-order valence-corrected chi connectivity index (χ2v) is 10.1. The number of hydrogen-bond donors (Lipinski definition) is 2. The summed E-state index contributed by atoms with van der Waals surface area (Å²) in [5.74, 6) is 0.443. The van der Waals surface area contributed by atoms with Gasteiger partial charge in [-0.25, -0.2) is 14.4 Å². The number of amides is 1. The second kappa shape index (κ2) is 9.68. The van der Waals surface area contributed by atoms with E-state index in [2.05, 4.69) is 40.8 Å². The molecule has 1 unspecified atom stereocenters. The van der Waals surface area contributed by atoms with Gasteiger partial charge in [0, 0.05) is 24.7 Å². The van der Waals surface area contributed by atoms with Gasteiger partial charge in [0.2, 0.25) is 11.8 Å². The Balaban J connectivity index is 1.40. The SMILES string of the molecule is Cn1ccc(Nc2ncnc(-c3cc4c(cc3F)C(NC(=O)c3noc(C(C)(C)C)n3)CCCC4)n2)n1. The van der Waals surface area contributed by atoms with Crippen LogP contribution < -0.4 is 10.6 Å². The molecule has 1 aromatic carbocycles. The van der Waals surface area contributed by atoms with E-state index in [4.69, 9.17) is 4.52 Å². The van der Waals surface area contributed by atoms with Crippen LogP contribution in [0, 0.1) is 5.82 Å². The van der Waals surface area contributed by atoms with E-state index in [9.17, 15) is 4.79 Å². The van der Waals surface area contributed by atoms with Gasteiger partial charge in [0.1, 0.15) is 12.1 Å². The molecule has 0 bridgehead atoms. The van der Waals surface area contributed by atoms with Gasteiger partial charge in [0.15, 0.2) is 11.6 Å². The van der Waals surface area contributed by atoms with Crippen LogP contribution in [0.1, 0.15) is 73.7 Å². The number of carbonyl (C=O) groups is 1. The first kappa shape index (κ1) is 24.5. The molecule has 37 heavy (non-hydrogen) atoms. The highest BCUT2D eigenvalue weighted by Crippen LogP contribution is 2.33. The molecule has 1 aliphatic rings. The van der Waals surface area contributed by atoms with Gasteiger partial charge in [-0.05, 0) is 42.5 Å². The van der Waals surface area contributed by atoms with Crippen LogP contribution in [0.15, 0.2) is 35.2 Å². The van der Waals surface area contributed by atoms with E-state index in [0.717, 1.165) is 30.4 Å². The quantitative estimate of drug-likeness (QED) is 0.385. The molecule has 4 aromatic rings. The Hall–Kier alpha value is -4.22. The van der Waals surface area contributed by atoms with Crippen molar-refractivity contribution in [3.63, 3.8) is 0 Å². The number of aryl methyl sites for hydroxylation is 2. The molecule has 12 heteroatoms. The number of nitrogens with one attached hydrogen (secondary N) is 2. The van der Waals surface area contributed by atoms with Crippen molar-refractivity contribution in [3.8, 4) is 11.4 Å². The number of benzene rings is 1. The normalized spacial score (nSPS) is 15.6. The van der Waals surface area contributed by atoms with Crippen molar-refractivity contribution in [1.82, 2.24) is 40.2 Å². The van der Waals surface area contributed by atoms with Crippen LogP contribution in [0.3, 0.4) is 0 Å². The molecule has 1 aliphatic carbocycles. The van der Waals surface area contributed by atoms with Crippen LogP contribution in [0.2, 0.25) is 0 Å². The lowest BCUT2D eigenvalue weighted by molar-refractivity contribution is 0.0920. The van der Waals surface area contributed by atoms with Crippen molar-refractivity contribution in [3.05, 3.63) is 59.4 Å². The summed E-state index contributed by atoms with van der Waals surface area (Å²) in [7, 11) is 1.80. The molecule has 11 nitrogen and oxygen atoms in total. The lowest BCUT2D eigenvalue weighted by Gasteiger charge is -2.19. The molecule has 5 rings (SSSR count).